The molecule has 1 saturated heterocycles. The maximum atomic E-state index is 12.8. The molecule has 2 aliphatic rings. The Kier molecular flexibility index (Phi) is 3.54. The first-order chi connectivity index (χ1) is 9.62. The van der Waals surface area contributed by atoms with E-state index in [9.17, 15) is 9.59 Å². The van der Waals surface area contributed by atoms with Crippen molar-refractivity contribution in [2.75, 3.05) is 13.6 Å². The molecule has 1 saturated carbocycles. The van der Waals surface area contributed by atoms with Gasteiger partial charge in [0.2, 0.25) is 11.8 Å². The lowest BCUT2D eigenvalue weighted by molar-refractivity contribution is -0.127. The van der Waals surface area contributed by atoms with Gasteiger partial charge in [-0.15, -0.1) is 11.3 Å². The monoisotopic (exact) mass is 292 g/mol. The molecule has 0 spiro atoms. The molecule has 108 valence electrons. The molecule has 2 heterocycles. The molecule has 5 heteroatoms. The van der Waals surface area contributed by atoms with Crippen LogP contribution in [0.25, 0.3) is 0 Å². The van der Waals surface area contributed by atoms with Gasteiger partial charge in [-0.3, -0.25) is 9.59 Å². The summed E-state index contributed by atoms with van der Waals surface area (Å²) in [6.07, 6.45) is 4.50. The number of likely N-dealkylation sites (N-methyl/N-ethyl adjacent to an activating group) is 1. The third-order valence-corrected chi connectivity index (χ3v) is 5.63. The second-order valence-corrected chi connectivity index (χ2v) is 6.86. The zero-order chi connectivity index (χ0) is 14.2. The highest BCUT2D eigenvalue weighted by Crippen LogP contribution is 2.43. The Labute approximate surface area is 123 Å². The Hall–Kier alpha value is -1.36. The van der Waals surface area contributed by atoms with Crippen LogP contribution in [0, 0.1) is 0 Å². The third-order valence-electron chi connectivity index (χ3n) is 4.56. The lowest BCUT2D eigenvalue weighted by Gasteiger charge is -2.28. The fourth-order valence-electron chi connectivity index (χ4n) is 3.40. The Morgan fingerprint density at radius 1 is 1.45 bits per heavy atom. The van der Waals surface area contributed by atoms with Gasteiger partial charge in [0.05, 0.1) is 11.5 Å². The van der Waals surface area contributed by atoms with Crippen molar-refractivity contribution in [2.24, 2.45) is 0 Å². The lowest BCUT2D eigenvalue weighted by atomic mass is 9.83. The summed E-state index contributed by atoms with van der Waals surface area (Å²) in [5.41, 5.74) is -0.349. The molecule has 0 aromatic carbocycles. The topological polar surface area (TPSA) is 49.4 Å². The van der Waals surface area contributed by atoms with Crippen molar-refractivity contribution in [3.05, 3.63) is 22.4 Å². The van der Waals surface area contributed by atoms with Gasteiger partial charge in [0.25, 0.3) is 0 Å². The van der Waals surface area contributed by atoms with Gasteiger partial charge in [-0.1, -0.05) is 18.9 Å². The van der Waals surface area contributed by atoms with E-state index in [-0.39, 0.29) is 23.3 Å². The Bertz CT molecular complexity index is 506. The quantitative estimate of drug-likeness (QED) is 0.925. The summed E-state index contributed by atoms with van der Waals surface area (Å²) in [6, 6.07) is 4.05. The van der Waals surface area contributed by atoms with Crippen molar-refractivity contribution in [3.63, 3.8) is 0 Å². The first-order valence-electron chi connectivity index (χ1n) is 7.21. The molecule has 0 radical (unpaired) electrons. The largest absolute Gasteiger partial charge is 0.350 e. The van der Waals surface area contributed by atoms with Gasteiger partial charge in [0, 0.05) is 24.9 Å². The van der Waals surface area contributed by atoms with Crippen LogP contribution < -0.4 is 5.32 Å². The molecule has 20 heavy (non-hydrogen) atoms. The van der Waals surface area contributed by atoms with E-state index >= 15 is 0 Å². The summed E-state index contributed by atoms with van der Waals surface area (Å²) in [4.78, 5) is 27.2. The Balaban J connectivity index is 1.76. The minimum atomic E-state index is -0.349. The molecule has 1 aromatic rings. The Morgan fingerprint density at radius 2 is 2.20 bits per heavy atom. The number of nitrogens with one attached hydrogen (secondary N) is 1. The van der Waals surface area contributed by atoms with E-state index in [1.807, 2.05) is 11.4 Å². The van der Waals surface area contributed by atoms with Crippen LogP contribution in [0.1, 0.15) is 37.0 Å². The maximum Gasteiger partial charge on any atom is 0.231 e. The van der Waals surface area contributed by atoms with Gasteiger partial charge >= 0.3 is 0 Å². The van der Waals surface area contributed by atoms with Crippen LogP contribution in [-0.4, -0.2) is 36.3 Å². The number of hydrogen-bond donors (Lipinski definition) is 1. The second kappa shape index (κ2) is 5.20. The van der Waals surface area contributed by atoms with Crippen LogP contribution in [0.2, 0.25) is 0 Å². The molecule has 3 rings (SSSR count). The van der Waals surface area contributed by atoms with Gasteiger partial charge in [-0.2, -0.15) is 0 Å². The number of amides is 2. The summed E-state index contributed by atoms with van der Waals surface area (Å²) < 4.78 is 0. The molecule has 2 fully saturated rings. The van der Waals surface area contributed by atoms with E-state index in [1.54, 1.807) is 23.3 Å². The van der Waals surface area contributed by atoms with Crippen molar-refractivity contribution in [1.29, 1.82) is 0 Å². The minimum absolute atomic E-state index is 0.0302. The van der Waals surface area contributed by atoms with E-state index < -0.39 is 0 Å². The second-order valence-electron chi connectivity index (χ2n) is 5.92. The molecule has 1 N–H and O–H groups in total. The van der Waals surface area contributed by atoms with Gasteiger partial charge in [-0.25, -0.2) is 0 Å². The lowest BCUT2D eigenvalue weighted by Crippen LogP contribution is -2.47. The van der Waals surface area contributed by atoms with Crippen LogP contribution >= 0.6 is 11.3 Å². The van der Waals surface area contributed by atoms with E-state index in [0.717, 1.165) is 25.7 Å². The molecular formula is C15H20N2O2S. The summed E-state index contributed by atoms with van der Waals surface area (Å²) in [5.74, 6) is 0.234. The molecule has 1 unspecified atom stereocenters. The zero-order valence-electron chi connectivity index (χ0n) is 11.7. The Morgan fingerprint density at radius 3 is 2.75 bits per heavy atom. The number of carbonyl (C=O) groups is 2. The van der Waals surface area contributed by atoms with Crippen LogP contribution in [0.15, 0.2) is 17.5 Å². The van der Waals surface area contributed by atoms with Crippen LogP contribution in [0.3, 0.4) is 0 Å². The number of nitrogens with zero attached hydrogens (tertiary/aromatic N) is 1. The van der Waals surface area contributed by atoms with E-state index in [4.69, 9.17) is 0 Å². The molecular weight excluding hydrogens is 272 g/mol. The van der Waals surface area contributed by atoms with Gasteiger partial charge in [-0.05, 0) is 24.3 Å². The summed E-state index contributed by atoms with van der Waals surface area (Å²) in [6.45, 7) is 0.630. The molecule has 0 bridgehead atoms. The van der Waals surface area contributed by atoms with E-state index in [1.165, 1.54) is 4.88 Å². The molecule has 1 aromatic heterocycles. The number of carbonyl (C=O) groups excluding carboxylic acids is 2. The van der Waals surface area contributed by atoms with Crippen LogP contribution in [0.5, 0.6) is 0 Å². The normalized spacial score (nSPS) is 25.1. The standard InChI is InChI=1S/C15H20N2O2S/c1-17-10-11(9-13(17)18)16-14(19)15(6-2-3-7-15)12-5-4-8-20-12/h4-5,8,11H,2-3,6-7,9-10H2,1H3,(H,16,19). The number of rotatable bonds is 3. The highest BCUT2D eigenvalue weighted by molar-refractivity contribution is 7.10. The number of hydrogen-bond acceptors (Lipinski definition) is 3. The molecule has 1 aliphatic carbocycles. The summed E-state index contributed by atoms with van der Waals surface area (Å²) >= 11 is 1.67. The SMILES string of the molecule is CN1CC(NC(=O)C2(c3cccs3)CCCC2)CC1=O. The van der Waals surface area contributed by atoms with E-state index in [2.05, 4.69) is 11.4 Å². The van der Waals surface area contributed by atoms with Crippen molar-refractivity contribution in [1.82, 2.24) is 10.2 Å². The van der Waals surface area contributed by atoms with Crippen molar-refractivity contribution < 1.29 is 9.59 Å². The van der Waals surface area contributed by atoms with E-state index in [0.29, 0.717) is 13.0 Å². The minimum Gasteiger partial charge on any atom is -0.350 e. The predicted molar refractivity (Wildman–Crippen MR) is 78.6 cm³/mol. The van der Waals surface area contributed by atoms with Crippen molar-refractivity contribution in [2.45, 2.75) is 43.6 Å². The van der Waals surface area contributed by atoms with Gasteiger partial charge in [0.15, 0.2) is 0 Å². The average Bonchev–Trinajstić information content (AvgIpc) is 3.12. The molecule has 2 amide bonds. The average molecular weight is 292 g/mol. The fourth-order valence-corrected chi connectivity index (χ4v) is 4.38. The van der Waals surface area contributed by atoms with Gasteiger partial charge < -0.3 is 10.2 Å². The van der Waals surface area contributed by atoms with Crippen LogP contribution in [0.4, 0.5) is 0 Å². The summed E-state index contributed by atoms with van der Waals surface area (Å²) in [7, 11) is 1.79. The highest BCUT2D eigenvalue weighted by atomic mass is 32.1. The first kappa shape index (κ1) is 13.6. The number of likely N-dealkylation sites (tertiary alicyclic amines) is 1. The maximum absolute atomic E-state index is 12.8. The first-order valence-corrected chi connectivity index (χ1v) is 8.09. The highest BCUT2D eigenvalue weighted by Gasteiger charge is 2.44. The van der Waals surface area contributed by atoms with Crippen molar-refractivity contribution in [3.8, 4) is 0 Å². The molecule has 1 aliphatic heterocycles. The van der Waals surface area contributed by atoms with Crippen molar-refractivity contribution >= 4 is 23.2 Å². The predicted octanol–water partition coefficient (Wildman–Crippen LogP) is 1.91. The number of thiophene rings is 1. The molecule has 4 nitrogen and oxygen atoms in total. The fraction of sp³-hybridized carbons (Fsp3) is 0.600. The smallest absolute Gasteiger partial charge is 0.231 e. The van der Waals surface area contributed by atoms with Gasteiger partial charge in [0.1, 0.15) is 0 Å². The zero-order valence-corrected chi connectivity index (χ0v) is 12.5. The molecule has 1 atom stereocenters. The third kappa shape index (κ3) is 2.24. The summed E-state index contributed by atoms with van der Waals surface area (Å²) in [5, 5.41) is 5.15. The van der Waals surface area contributed by atoms with Crippen LogP contribution in [-0.2, 0) is 15.0 Å².